The molecule has 0 amide bonds. The number of nitrogens with one attached hydrogen (secondary N) is 1. The summed E-state index contributed by atoms with van der Waals surface area (Å²) in [6.07, 6.45) is 1.73. The molecule has 0 saturated heterocycles. The smallest absolute Gasteiger partial charge is 0.283 e. The first-order chi connectivity index (χ1) is 9.88. The molecule has 0 fully saturated rings. The Morgan fingerprint density at radius 1 is 1.33 bits per heavy atom. The van der Waals surface area contributed by atoms with Crippen molar-refractivity contribution in [3.05, 3.63) is 21.0 Å². The lowest BCUT2D eigenvalue weighted by atomic mass is 10.2. The lowest BCUT2D eigenvalue weighted by Gasteiger charge is -2.24. The second-order valence-corrected chi connectivity index (χ2v) is 6.58. The Morgan fingerprint density at radius 2 is 1.95 bits per heavy atom. The van der Waals surface area contributed by atoms with E-state index in [9.17, 15) is 4.79 Å². The molecule has 0 aliphatic carbocycles. The second-order valence-electron chi connectivity index (χ2n) is 5.78. The van der Waals surface area contributed by atoms with Gasteiger partial charge in [0.1, 0.15) is 4.47 Å². The maximum Gasteiger partial charge on any atom is 0.283 e. The summed E-state index contributed by atoms with van der Waals surface area (Å²) in [6, 6.07) is 0.253. The molecule has 1 aromatic rings. The number of halogens is 1. The maximum atomic E-state index is 12.2. The number of aromatic nitrogens is 2. The van der Waals surface area contributed by atoms with Crippen molar-refractivity contribution in [3.8, 4) is 0 Å². The van der Waals surface area contributed by atoms with E-state index < -0.39 is 0 Å². The van der Waals surface area contributed by atoms with Gasteiger partial charge in [0, 0.05) is 19.1 Å². The molecule has 0 spiro atoms. The summed E-state index contributed by atoms with van der Waals surface area (Å²) < 4.78 is 2.07. The number of likely N-dealkylation sites (N-methyl/N-ethyl adjacent to an activating group) is 1. The van der Waals surface area contributed by atoms with Crippen molar-refractivity contribution in [2.75, 3.05) is 25.0 Å². The highest BCUT2D eigenvalue weighted by Crippen LogP contribution is 2.17. The van der Waals surface area contributed by atoms with E-state index in [0.717, 1.165) is 25.3 Å². The van der Waals surface area contributed by atoms with Crippen LogP contribution in [0.3, 0.4) is 0 Å². The topological polar surface area (TPSA) is 50.2 Å². The highest BCUT2D eigenvalue weighted by molar-refractivity contribution is 9.10. The third kappa shape index (κ3) is 5.43. The summed E-state index contributed by atoms with van der Waals surface area (Å²) in [7, 11) is 0. The molecule has 0 saturated carbocycles. The number of hydrogen-bond donors (Lipinski definition) is 1. The normalized spacial score (nSPS) is 13.0. The number of anilines is 1. The van der Waals surface area contributed by atoms with E-state index in [-0.39, 0.29) is 11.6 Å². The molecule has 0 aliphatic heterocycles. The lowest BCUT2D eigenvalue weighted by Crippen LogP contribution is -2.35. The van der Waals surface area contributed by atoms with Gasteiger partial charge in [-0.3, -0.25) is 4.79 Å². The van der Waals surface area contributed by atoms with Gasteiger partial charge in [0.25, 0.3) is 5.56 Å². The van der Waals surface area contributed by atoms with Crippen LogP contribution in [0.2, 0.25) is 0 Å². The number of hydrogen-bond acceptors (Lipinski definition) is 4. The van der Waals surface area contributed by atoms with Crippen molar-refractivity contribution >= 4 is 21.6 Å². The van der Waals surface area contributed by atoms with Gasteiger partial charge in [0.2, 0.25) is 0 Å². The fourth-order valence-electron chi connectivity index (χ4n) is 2.22. The van der Waals surface area contributed by atoms with Crippen LogP contribution < -0.4 is 10.9 Å². The monoisotopic (exact) mass is 358 g/mol. The van der Waals surface area contributed by atoms with Gasteiger partial charge in [0.05, 0.1) is 11.9 Å². The van der Waals surface area contributed by atoms with Gasteiger partial charge in [-0.2, -0.15) is 5.10 Å². The van der Waals surface area contributed by atoms with Crippen LogP contribution >= 0.6 is 15.9 Å². The first kappa shape index (κ1) is 18.2. The van der Waals surface area contributed by atoms with Crippen LogP contribution in [0.5, 0.6) is 0 Å². The first-order valence-corrected chi connectivity index (χ1v) is 8.42. The van der Waals surface area contributed by atoms with Crippen LogP contribution in [-0.4, -0.2) is 40.4 Å². The van der Waals surface area contributed by atoms with Crippen LogP contribution in [0.25, 0.3) is 0 Å². The molecule has 1 N–H and O–H groups in total. The van der Waals surface area contributed by atoms with Gasteiger partial charge in [-0.05, 0) is 41.9 Å². The standard InChI is InChI=1S/C15H27BrN4O/c1-6-19(7-2)10-12(5)18-13-8-17-20(9-11(3)4)15(21)14(13)16/h8,11-12,18H,6-7,9-10H2,1-5H3. The van der Waals surface area contributed by atoms with Crippen molar-refractivity contribution in [2.24, 2.45) is 5.92 Å². The van der Waals surface area contributed by atoms with Crippen LogP contribution in [0.15, 0.2) is 15.5 Å². The molecule has 5 nitrogen and oxygen atoms in total. The van der Waals surface area contributed by atoms with Crippen LogP contribution in [0.1, 0.15) is 34.6 Å². The predicted molar refractivity (Wildman–Crippen MR) is 91.9 cm³/mol. The zero-order valence-corrected chi connectivity index (χ0v) is 15.3. The van der Waals surface area contributed by atoms with Crippen molar-refractivity contribution < 1.29 is 0 Å². The summed E-state index contributed by atoms with van der Waals surface area (Å²) in [4.78, 5) is 14.6. The van der Waals surface area contributed by atoms with Gasteiger partial charge < -0.3 is 10.2 Å². The molecular formula is C15H27BrN4O. The van der Waals surface area contributed by atoms with Crippen molar-refractivity contribution in [1.29, 1.82) is 0 Å². The van der Waals surface area contributed by atoms with Crippen LogP contribution in [0.4, 0.5) is 5.69 Å². The molecule has 120 valence electrons. The Bertz CT molecular complexity index is 497. The van der Waals surface area contributed by atoms with Gasteiger partial charge >= 0.3 is 0 Å². The van der Waals surface area contributed by atoms with Gasteiger partial charge in [-0.15, -0.1) is 0 Å². The second kappa shape index (κ2) is 8.54. The molecule has 1 unspecified atom stereocenters. The zero-order chi connectivity index (χ0) is 16.0. The highest BCUT2D eigenvalue weighted by Gasteiger charge is 2.13. The molecule has 1 heterocycles. The first-order valence-electron chi connectivity index (χ1n) is 7.63. The third-order valence-corrected chi connectivity index (χ3v) is 4.12. The third-order valence-electron chi connectivity index (χ3n) is 3.35. The SMILES string of the molecule is CCN(CC)CC(C)Nc1cnn(CC(C)C)c(=O)c1Br. The van der Waals surface area contributed by atoms with Gasteiger partial charge in [-0.1, -0.05) is 27.7 Å². The van der Waals surface area contributed by atoms with E-state index in [1.165, 1.54) is 4.68 Å². The number of rotatable bonds is 8. The Labute approximate surface area is 135 Å². The highest BCUT2D eigenvalue weighted by atomic mass is 79.9. The van der Waals surface area contributed by atoms with E-state index in [1.807, 2.05) is 0 Å². The number of nitrogens with zero attached hydrogens (tertiary/aromatic N) is 3. The van der Waals surface area contributed by atoms with E-state index in [1.54, 1.807) is 6.20 Å². The Kier molecular flexibility index (Phi) is 7.39. The summed E-state index contributed by atoms with van der Waals surface area (Å²) >= 11 is 3.40. The molecule has 1 rings (SSSR count). The van der Waals surface area contributed by atoms with Crippen molar-refractivity contribution in [2.45, 2.75) is 47.2 Å². The minimum atomic E-state index is -0.0799. The van der Waals surface area contributed by atoms with Gasteiger partial charge in [-0.25, -0.2) is 4.68 Å². The quantitative estimate of drug-likeness (QED) is 0.776. The van der Waals surface area contributed by atoms with E-state index >= 15 is 0 Å². The molecule has 0 aromatic carbocycles. The van der Waals surface area contributed by atoms with Crippen molar-refractivity contribution in [1.82, 2.24) is 14.7 Å². The van der Waals surface area contributed by atoms with Crippen molar-refractivity contribution in [3.63, 3.8) is 0 Å². The largest absolute Gasteiger partial charge is 0.379 e. The van der Waals surface area contributed by atoms with E-state index in [4.69, 9.17) is 0 Å². The van der Waals surface area contributed by atoms with E-state index in [2.05, 4.69) is 65.9 Å². The lowest BCUT2D eigenvalue weighted by molar-refractivity contribution is 0.294. The maximum absolute atomic E-state index is 12.2. The summed E-state index contributed by atoms with van der Waals surface area (Å²) in [5.41, 5.74) is 0.684. The van der Waals surface area contributed by atoms with E-state index in [0.29, 0.717) is 16.9 Å². The Hall–Kier alpha value is -0.880. The minimum absolute atomic E-state index is 0.0799. The average molecular weight is 359 g/mol. The molecule has 6 heteroatoms. The summed E-state index contributed by atoms with van der Waals surface area (Å²) in [6.45, 7) is 14.2. The molecule has 21 heavy (non-hydrogen) atoms. The predicted octanol–water partition coefficient (Wildman–Crippen LogP) is 2.80. The molecule has 1 aromatic heterocycles. The molecular weight excluding hydrogens is 332 g/mol. The Balaban J connectivity index is 2.81. The van der Waals surface area contributed by atoms with Gasteiger partial charge in [0.15, 0.2) is 0 Å². The minimum Gasteiger partial charge on any atom is -0.379 e. The molecule has 1 atom stereocenters. The zero-order valence-electron chi connectivity index (χ0n) is 13.7. The summed E-state index contributed by atoms with van der Waals surface area (Å²) in [5, 5.41) is 7.62. The molecule has 0 bridgehead atoms. The molecule has 0 radical (unpaired) electrons. The fraction of sp³-hybridized carbons (Fsp3) is 0.733. The van der Waals surface area contributed by atoms with Crippen LogP contribution in [0, 0.1) is 5.92 Å². The summed E-state index contributed by atoms with van der Waals surface area (Å²) in [5.74, 6) is 0.391. The average Bonchev–Trinajstić information content (AvgIpc) is 2.44. The Morgan fingerprint density at radius 3 is 2.48 bits per heavy atom. The molecule has 0 aliphatic rings. The fourth-order valence-corrected chi connectivity index (χ4v) is 2.64. The van der Waals surface area contributed by atoms with Crippen LogP contribution in [-0.2, 0) is 6.54 Å².